The lowest BCUT2D eigenvalue weighted by Gasteiger charge is -2.21. The van der Waals surface area contributed by atoms with Gasteiger partial charge in [0.2, 0.25) is 11.8 Å². The van der Waals surface area contributed by atoms with Crippen LogP contribution in [0.25, 0.3) is 0 Å². The van der Waals surface area contributed by atoms with Crippen LogP contribution >= 0.6 is 0 Å². The first-order valence-electron chi connectivity index (χ1n) is 9.12. The van der Waals surface area contributed by atoms with Crippen LogP contribution in [0.15, 0.2) is 0 Å². The number of hydrogen-bond donors (Lipinski definition) is 6. The lowest BCUT2D eigenvalue weighted by Crippen LogP contribution is -2.58. The van der Waals surface area contributed by atoms with Crippen molar-refractivity contribution in [1.29, 1.82) is 0 Å². The predicted molar refractivity (Wildman–Crippen MR) is 102 cm³/mol. The van der Waals surface area contributed by atoms with Gasteiger partial charge >= 0.3 is 6.03 Å². The second-order valence-corrected chi connectivity index (χ2v) is 7.32. The number of carbonyl (C=O) groups excluding carboxylic acids is 5. The molecule has 0 unspecified atom stereocenters. The first kappa shape index (κ1) is 25.1. The summed E-state index contributed by atoms with van der Waals surface area (Å²) in [5.74, 6) is -1.65. The number of urea groups is 1. The lowest BCUT2D eigenvalue weighted by atomic mass is 10.0. The van der Waals surface area contributed by atoms with E-state index >= 15 is 0 Å². The van der Waals surface area contributed by atoms with Gasteiger partial charge in [-0.05, 0) is 24.7 Å². The van der Waals surface area contributed by atoms with Gasteiger partial charge in [0.15, 0.2) is 0 Å². The highest BCUT2D eigenvalue weighted by Crippen LogP contribution is 2.05. The smallest absolute Gasteiger partial charge is 0.344 e. The fourth-order valence-electron chi connectivity index (χ4n) is 2.34. The van der Waals surface area contributed by atoms with Crippen molar-refractivity contribution in [3.63, 3.8) is 0 Å². The van der Waals surface area contributed by atoms with E-state index in [2.05, 4.69) is 32.3 Å². The number of hydrazine groups is 2. The van der Waals surface area contributed by atoms with Crippen LogP contribution in [0, 0.1) is 11.8 Å². The van der Waals surface area contributed by atoms with Gasteiger partial charge in [-0.25, -0.2) is 15.6 Å². The van der Waals surface area contributed by atoms with Crippen LogP contribution < -0.4 is 32.3 Å². The third-order valence-electron chi connectivity index (χ3n) is 3.40. The largest absolute Gasteiger partial charge is 0.352 e. The number of nitrogens with one attached hydrogen (secondary N) is 6. The summed E-state index contributed by atoms with van der Waals surface area (Å²) in [4.78, 5) is 58.4. The van der Waals surface area contributed by atoms with E-state index < -0.39 is 29.9 Å². The maximum Gasteiger partial charge on any atom is 0.352 e. The second-order valence-electron chi connectivity index (χ2n) is 7.32. The summed E-state index contributed by atoms with van der Waals surface area (Å²) < 4.78 is 0. The van der Waals surface area contributed by atoms with Crippen LogP contribution in [0.4, 0.5) is 4.79 Å². The van der Waals surface area contributed by atoms with E-state index in [0.717, 1.165) is 0 Å². The van der Waals surface area contributed by atoms with Gasteiger partial charge in [0, 0.05) is 13.8 Å². The molecule has 0 spiro atoms. The number of rotatable bonds is 8. The highest BCUT2D eigenvalue weighted by atomic mass is 16.2. The summed E-state index contributed by atoms with van der Waals surface area (Å²) in [7, 11) is 0. The van der Waals surface area contributed by atoms with E-state index in [1.807, 2.05) is 27.7 Å². The molecule has 0 aliphatic rings. The van der Waals surface area contributed by atoms with Crippen molar-refractivity contribution in [2.75, 3.05) is 0 Å². The molecule has 0 saturated carbocycles. The Labute approximate surface area is 165 Å². The van der Waals surface area contributed by atoms with Crippen LogP contribution in [-0.4, -0.2) is 41.7 Å². The molecule has 11 heteroatoms. The third kappa shape index (κ3) is 11.7. The molecule has 0 heterocycles. The highest BCUT2D eigenvalue weighted by Gasteiger charge is 2.22. The molecule has 0 aliphatic carbocycles. The zero-order valence-electron chi connectivity index (χ0n) is 17.3. The third-order valence-corrected chi connectivity index (χ3v) is 3.40. The van der Waals surface area contributed by atoms with E-state index in [0.29, 0.717) is 12.8 Å². The van der Waals surface area contributed by atoms with Crippen molar-refractivity contribution in [3.8, 4) is 0 Å². The molecule has 6 amide bonds. The molecular weight excluding hydrogens is 368 g/mol. The summed E-state index contributed by atoms with van der Waals surface area (Å²) in [6.45, 7) is 10.1. The Hall–Kier alpha value is -2.85. The maximum atomic E-state index is 12.1. The van der Waals surface area contributed by atoms with Gasteiger partial charge in [-0.2, -0.15) is 0 Å². The molecule has 0 aliphatic heterocycles. The van der Waals surface area contributed by atoms with E-state index in [1.54, 1.807) is 0 Å². The van der Waals surface area contributed by atoms with Crippen LogP contribution in [-0.2, 0) is 19.2 Å². The summed E-state index contributed by atoms with van der Waals surface area (Å²) in [6, 6.07) is -2.50. The van der Waals surface area contributed by atoms with Crippen molar-refractivity contribution in [2.45, 2.75) is 66.5 Å². The Morgan fingerprint density at radius 3 is 1.18 bits per heavy atom. The zero-order chi connectivity index (χ0) is 21.9. The number of carbonyl (C=O) groups is 5. The predicted octanol–water partition coefficient (Wildman–Crippen LogP) is -0.550. The van der Waals surface area contributed by atoms with Crippen molar-refractivity contribution in [3.05, 3.63) is 0 Å². The quantitative estimate of drug-likeness (QED) is 0.301. The van der Waals surface area contributed by atoms with E-state index in [9.17, 15) is 24.0 Å². The van der Waals surface area contributed by atoms with Crippen LogP contribution in [0.1, 0.15) is 54.4 Å². The molecule has 0 saturated heterocycles. The molecule has 28 heavy (non-hydrogen) atoms. The van der Waals surface area contributed by atoms with Gasteiger partial charge < -0.3 is 10.6 Å². The fourth-order valence-corrected chi connectivity index (χ4v) is 2.34. The summed E-state index contributed by atoms with van der Waals surface area (Å²) >= 11 is 0. The van der Waals surface area contributed by atoms with Gasteiger partial charge in [0.1, 0.15) is 12.1 Å². The van der Waals surface area contributed by atoms with E-state index in [1.165, 1.54) is 13.8 Å². The topological polar surface area (TPSA) is 158 Å². The number of amides is 6. The normalized spacial score (nSPS) is 12.6. The Kier molecular flexibility index (Phi) is 11.2. The molecule has 0 aromatic carbocycles. The maximum absolute atomic E-state index is 12.1. The fraction of sp³-hybridized carbons (Fsp3) is 0.706. The summed E-state index contributed by atoms with van der Waals surface area (Å²) in [6.07, 6.45) is 0.776. The molecule has 160 valence electrons. The van der Waals surface area contributed by atoms with Crippen molar-refractivity contribution < 1.29 is 24.0 Å². The molecule has 2 atom stereocenters. The Morgan fingerprint density at radius 1 is 0.607 bits per heavy atom. The van der Waals surface area contributed by atoms with Gasteiger partial charge in [0.25, 0.3) is 11.8 Å². The molecule has 0 aromatic rings. The van der Waals surface area contributed by atoms with E-state index in [4.69, 9.17) is 0 Å². The summed E-state index contributed by atoms with van der Waals surface area (Å²) in [5.41, 5.74) is 8.51. The molecule has 6 N–H and O–H groups in total. The highest BCUT2D eigenvalue weighted by molar-refractivity contribution is 5.90. The van der Waals surface area contributed by atoms with Crippen LogP contribution in [0.5, 0.6) is 0 Å². The average Bonchev–Trinajstić information content (AvgIpc) is 2.54. The second kappa shape index (κ2) is 12.5. The van der Waals surface area contributed by atoms with Gasteiger partial charge in [0.05, 0.1) is 0 Å². The van der Waals surface area contributed by atoms with E-state index in [-0.39, 0.29) is 23.7 Å². The average molecular weight is 400 g/mol. The Bertz CT molecular complexity index is 530. The van der Waals surface area contributed by atoms with Crippen molar-refractivity contribution in [1.82, 2.24) is 32.3 Å². The monoisotopic (exact) mass is 400 g/mol. The number of hydrogen-bond acceptors (Lipinski definition) is 5. The SMILES string of the molecule is CC(=O)N[C@@H](CC(C)C)C(=O)NNC(=O)NNC(=O)[C@H](CC(C)C)NC(C)=O. The molecule has 11 nitrogen and oxygen atoms in total. The van der Waals surface area contributed by atoms with Gasteiger partial charge in [-0.3, -0.25) is 30.0 Å². The minimum atomic E-state index is -0.890. The first-order valence-corrected chi connectivity index (χ1v) is 9.12. The van der Waals surface area contributed by atoms with Crippen LogP contribution in [0.3, 0.4) is 0 Å². The van der Waals surface area contributed by atoms with Crippen molar-refractivity contribution >= 4 is 29.7 Å². The minimum Gasteiger partial charge on any atom is -0.344 e. The molecule has 0 bridgehead atoms. The molecule has 0 radical (unpaired) electrons. The zero-order valence-corrected chi connectivity index (χ0v) is 17.3. The van der Waals surface area contributed by atoms with Gasteiger partial charge in [-0.15, -0.1) is 0 Å². The summed E-state index contributed by atoms with van der Waals surface area (Å²) in [5, 5.41) is 5.01. The first-order chi connectivity index (χ1) is 12.9. The molecule has 0 aromatic heterocycles. The Balaban J connectivity index is 4.55. The molecule has 0 rings (SSSR count). The standard InChI is InChI=1S/C17H32N6O5/c1-9(2)7-13(18-11(5)24)15(26)20-22-17(28)23-21-16(27)14(8-10(3)4)19-12(6)25/h9-10,13-14H,7-8H2,1-6H3,(H,18,24)(H,19,25)(H,20,26)(H,21,27)(H2,22,23,28)/t13-,14-/m0/s1. The van der Waals surface area contributed by atoms with Gasteiger partial charge in [-0.1, -0.05) is 27.7 Å². The molecule has 0 fully saturated rings. The Morgan fingerprint density at radius 2 is 0.929 bits per heavy atom. The minimum absolute atomic E-state index is 0.141. The lowest BCUT2D eigenvalue weighted by molar-refractivity contribution is -0.129. The molecular formula is C17H32N6O5. The van der Waals surface area contributed by atoms with Crippen molar-refractivity contribution in [2.24, 2.45) is 11.8 Å². The van der Waals surface area contributed by atoms with Crippen LogP contribution in [0.2, 0.25) is 0 Å².